The van der Waals surface area contributed by atoms with E-state index in [-0.39, 0.29) is 0 Å². The zero-order chi connectivity index (χ0) is 11.6. The molecule has 1 fully saturated rings. The smallest absolute Gasteiger partial charge is 0.0901 e. The minimum Gasteiger partial charge on any atom is -0.501 e. The lowest BCUT2D eigenvalue weighted by molar-refractivity contribution is 0.179. The molecule has 0 spiro atoms. The van der Waals surface area contributed by atoms with Crippen LogP contribution in [0.1, 0.15) is 71.6 Å². The predicted octanol–water partition coefficient (Wildman–Crippen LogP) is 5.07. The van der Waals surface area contributed by atoms with Crippen molar-refractivity contribution in [1.29, 1.82) is 0 Å². The summed E-state index contributed by atoms with van der Waals surface area (Å²) in [5.41, 5.74) is 1.54. The van der Waals surface area contributed by atoms with Crippen molar-refractivity contribution in [2.45, 2.75) is 71.6 Å². The molecule has 0 aromatic heterocycles. The van der Waals surface area contributed by atoms with Crippen LogP contribution in [0, 0.1) is 5.92 Å². The molecule has 0 aromatic rings. The van der Waals surface area contributed by atoms with Crippen LogP contribution in [-0.2, 0) is 4.74 Å². The van der Waals surface area contributed by atoms with Crippen LogP contribution >= 0.6 is 0 Å². The second-order valence-electron chi connectivity index (χ2n) is 5.09. The summed E-state index contributed by atoms with van der Waals surface area (Å²) in [5, 5.41) is 0. The number of ether oxygens (including phenoxy) is 1. The van der Waals surface area contributed by atoms with Crippen molar-refractivity contribution in [2.75, 3.05) is 6.61 Å². The Bertz CT molecular complexity index is 188. The number of rotatable bonds is 7. The van der Waals surface area contributed by atoms with Gasteiger partial charge in [-0.05, 0) is 43.6 Å². The Balaban J connectivity index is 2.15. The van der Waals surface area contributed by atoms with E-state index in [0.717, 1.165) is 12.5 Å². The molecule has 1 heteroatoms. The van der Waals surface area contributed by atoms with Crippen LogP contribution in [0.4, 0.5) is 0 Å². The van der Waals surface area contributed by atoms with Crippen molar-refractivity contribution in [3.63, 3.8) is 0 Å². The molecule has 0 heterocycles. The van der Waals surface area contributed by atoms with Crippen molar-refractivity contribution < 1.29 is 4.74 Å². The Morgan fingerprint density at radius 1 is 1.19 bits per heavy atom. The first-order valence-corrected chi connectivity index (χ1v) is 7.16. The lowest BCUT2D eigenvalue weighted by Gasteiger charge is -2.16. The summed E-state index contributed by atoms with van der Waals surface area (Å²) >= 11 is 0. The van der Waals surface area contributed by atoms with Crippen LogP contribution < -0.4 is 0 Å². The molecule has 94 valence electrons. The van der Waals surface area contributed by atoms with Crippen molar-refractivity contribution in [1.82, 2.24) is 0 Å². The number of hydrogen-bond acceptors (Lipinski definition) is 1. The van der Waals surface area contributed by atoms with Crippen molar-refractivity contribution >= 4 is 0 Å². The molecule has 0 radical (unpaired) electrons. The molecule has 1 aliphatic carbocycles. The second kappa shape index (κ2) is 8.66. The van der Waals surface area contributed by atoms with Gasteiger partial charge in [-0.15, -0.1) is 0 Å². The molecular formula is C15H28O. The third-order valence-corrected chi connectivity index (χ3v) is 3.62. The lowest BCUT2D eigenvalue weighted by atomic mass is 9.96. The minimum absolute atomic E-state index is 0.764. The van der Waals surface area contributed by atoms with E-state index in [1.54, 1.807) is 0 Å². The van der Waals surface area contributed by atoms with Crippen molar-refractivity contribution in [3.8, 4) is 0 Å². The van der Waals surface area contributed by atoms with Gasteiger partial charge in [0.05, 0.1) is 12.9 Å². The fourth-order valence-electron chi connectivity index (χ4n) is 2.32. The highest BCUT2D eigenvalue weighted by Gasteiger charge is 2.07. The quantitative estimate of drug-likeness (QED) is 0.549. The molecule has 0 amide bonds. The van der Waals surface area contributed by atoms with E-state index in [2.05, 4.69) is 20.1 Å². The molecule has 16 heavy (non-hydrogen) atoms. The monoisotopic (exact) mass is 224 g/mol. The van der Waals surface area contributed by atoms with Gasteiger partial charge < -0.3 is 4.74 Å². The average molecular weight is 224 g/mol. The Kier molecular flexibility index (Phi) is 7.37. The fourth-order valence-corrected chi connectivity index (χ4v) is 2.32. The summed E-state index contributed by atoms with van der Waals surface area (Å²) in [6.07, 6.45) is 14.0. The predicted molar refractivity (Wildman–Crippen MR) is 70.4 cm³/mol. The van der Waals surface area contributed by atoms with Gasteiger partial charge in [0.2, 0.25) is 0 Å². The molecule has 0 bridgehead atoms. The first-order valence-electron chi connectivity index (χ1n) is 7.16. The summed E-state index contributed by atoms with van der Waals surface area (Å²) in [6.45, 7) is 5.47. The van der Waals surface area contributed by atoms with Gasteiger partial charge >= 0.3 is 0 Å². The fraction of sp³-hybridized carbons (Fsp3) is 0.867. The Hall–Kier alpha value is -0.460. The standard InChI is InChI=1S/C15H28O/c1-3-5-9-14(4-2)12-16-13-15-10-7-6-8-11-15/h13-14H,3-12H2,1-2H3. The van der Waals surface area contributed by atoms with Crippen LogP contribution in [0.5, 0.6) is 0 Å². The van der Waals surface area contributed by atoms with Gasteiger partial charge in [0, 0.05) is 0 Å². The lowest BCUT2D eigenvalue weighted by Crippen LogP contribution is -2.07. The van der Waals surface area contributed by atoms with E-state index in [0.29, 0.717) is 0 Å². The maximum atomic E-state index is 5.76. The van der Waals surface area contributed by atoms with Gasteiger partial charge in [0.15, 0.2) is 0 Å². The topological polar surface area (TPSA) is 9.23 Å². The van der Waals surface area contributed by atoms with E-state index in [1.807, 2.05) is 0 Å². The van der Waals surface area contributed by atoms with Gasteiger partial charge in [-0.1, -0.05) is 39.5 Å². The molecular weight excluding hydrogens is 196 g/mol. The van der Waals surface area contributed by atoms with Gasteiger partial charge in [-0.25, -0.2) is 0 Å². The first kappa shape index (κ1) is 13.6. The summed E-state index contributed by atoms with van der Waals surface area (Å²) in [5.74, 6) is 0.764. The Labute approximate surface area is 101 Å². The Morgan fingerprint density at radius 2 is 1.94 bits per heavy atom. The van der Waals surface area contributed by atoms with Crippen LogP contribution in [0.25, 0.3) is 0 Å². The average Bonchev–Trinajstić information content (AvgIpc) is 2.35. The van der Waals surface area contributed by atoms with Crippen molar-refractivity contribution in [2.24, 2.45) is 5.92 Å². The normalized spacial score (nSPS) is 18.2. The third kappa shape index (κ3) is 5.58. The largest absolute Gasteiger partial charge is 0.501 e. The number of allylic oxidation sites excluding steroid dienone is 1. The third-order valence-electron chi connectivity index (χ3n) is 3.62. The van der Waals surface area contributed by atoms with Crippen LogP contribution in [0.2, 0.25) is 0 Å². The molecule has 1 nitrogen and oxygen atoms in total. The first-order chi connectivity index (χ1) is 7.86. The van der Waals surface area contributed by atoms with Crippen LogP contribution in [0.3, 0.4) is 0 Å². The molecule has 0 aromatic carbocycles. The zero-order valence-corrected chi connectivity index (χ0v) is 11.1. The van der Waals surface area contributed by atoms with E-state index < -0.39 is 0 Å². The maximum Gasteiger partial charge on any atom is 0.0901 e. The highest BCUT2D eigenvalue weighted by Crippen LogP contribution is 2.23. The molecule has 0 saturated heterocycles. The molecule has 0 N–H and O–H groups in total. The summed E-state index contributed by atoms with van der Waals surface area (Å²) in [4.78, 5) is 0. The molecule has 1 atom stereocenters. The number of hydrogen-bond donors (Lipinski definition) is 0. The second-order valence-corrected chi connectivity index (χ2v) is 5.09. The minimum atomic E-state index is 0.764. The molecule has 1 saturated carbocycles. The van der Waals surface area contributed by atoms with Crippen LogP contribution in [0.15, 0.2) is 11.8 Å². The number of unbranched alkanes of at least 4 members (excludes halogenated alkanes) is 1. The molecule has 0 aliphatic heterocycles. The summed E-state index contributed by atoms with van der Waals surface area (Å²) in [7, 11) is 0. The maximum absolute atomic E-state index is 5.76. The van der Waals surface area contributed by atoms with Gasteiger partial charge in [0.25, 0.3) is 0 Å². The molecule has 1 rings (SSSR count). The van der Waals surface area contributed by atoms with Gasteiger partial charge in [0.1, 0.15) is 0 Å². The SMILES string of the molecule is CCCCC(CC)COC=C1CCCCC1. The van der Waals surface area contributed by atoms with Gasteiger partial charge in [-0.2, -0.15) is 0 Å². The summed E-state index contributed by atoms with van der Waals surface area (Å²) < 4.78 is 5.76. The molecule has 1 aliphatic rings. The highest BCUT2D eigenvalue weighted by molar-refractivity contribution is 5.00. The van der Waals surface area contributed by atoms with E-state index in [1.165, 1.54) is 63.4 Å². The summed E-state index contributed by atoms with van der Waals surface area (Å²) in [6, 6.07) is 0. The zero-order valence-electron chi connectivity index (χ0n) is 11.1. The highest BCUT2D eigenvalue weighted by atomic mass is 16.5. The van der Waals surface area contributed by atoms with Crippen LogP contribution in [-0.4, -0.2) is 6.61 Å². The molecule has 1 unspecified atom stereocenters. The van der Waals surface area contributed by atoms with Crippen molar-refractivity contribution in [3.05, 3.63) is 11.8 Å². The van der Waals surface area contributed by atoms with E-state index in [9.17, 15) is 0 Å². The van der Waals surface area contributed by atoms with E-state index >= 15 is 0 Å². The van der Waals surface area contributed by atoms with Gasteiger partial charge in [-0.3, -0.25) is 0 Å². The Morgan fingerprint density at radius 3 is 2.56 bits per heavy atom. The van der Waals surface area contributed by atoms with E-state index in [4.69, 9.17) is 4.74 Å².